The second-order valence-corrected chi connectivity index (χ2v) is 5.80. The molecule has 0 saturated carbocycles. The molecule has 2 heterocycles. The Kier molecular flexibility index (Phi) is 4.72. The minimum atomic E-state index is 0.0283. The van der Waals surface area contributed by atoms with Crippen LogP contribution in [0.25, 0.3) is 0 Å². The summed E-state index contributed by atoms with van der Waals surface area (Å²) in [5.74, 6) is 4.52. The molecule has 4 nitrogen and oxygen atoms in total. The van der Waals surface area contributed by atoms with E-state index in [4.69, 9.17) is 13.9 Å². The first-order valence-electron chi connectivity index (χ1n) is 7.01. The Morgan fingerprint density at radius 3 is 2.81 bits per heavy atom. The van der Waals surface area contributed by atoms with Gasteiger partial charge in [-0.25, -0.2) is 0 Å². The lowest BCUT2D eigenvalue weighted by Crippen LogP contribution is -2.38. The molecular weight excluding hydrogens is 286 g/mol. The number of hydrogen-bond acceptors (Lipinski definition) is 5. The molecule has 5 heteroatoms. The second kappa shape index (κ2) is 6.91. The van der Waals surface area contributed by atoms with Gasteiger partial charge in [0.15, 0.2) is 11.5 Å². The van der Waals surface area contributed by atoms with Crippen molar-refractivity contribution in [2.75, 3.05) is 19.4 Å². The van der Waals surface area contributed by atoms with Crippen LogP contribution < -0.4 is 14.8 Å². The molecule has 2 aromatic rings. The first kappa shape index (κ1) is 14.4. The van der Waals surface area contributed by atoms with E-state index in [0.717, 1.165) is 35.3 Å². The summed E-state index contributed by atoms with van der Waals surface area (Å²) in [5.41, 5.74) is 0. The number of ether oxygens (including phenoxy) is 2. The quantitative estimate of drug-likeness (QED) is 0.888. The van der Waals surface area contributed by atoms with E-state index < -0.39 is 0 Å². The van der Waals surface area contributed by atoms with E-state index in [1.165, 1.54) is 0 Å². The molecule has 1 aliphatic rings. The smallest absolute Gasteiger partial charge is 0.161 e. The summed E-state index contributed by atoms with van der Waals surface area (Å²) in [6, 6.07) is 11.8. The minimum absolute atomic E-state index is 0.0283. The lowest BCUT2D eigenvalue weighted by Gasteiger charge is -2.26. The van der Waals surface area contributed by atoms with Crippen molar-refractivity contribution in [3.63, 3.8) is 0 Å². The van der Waals surface area contributed by atoms with Crippen LogP contribution in [0.3, 0.4) is 0 Å². The van der Waals surface area contributed by atoms with Gasteiger partial charge in [0.1, 0.15) is 24.2 Å². The Labute approximate surface area is 128 Å². The molecule has 21 heavy (non-hydrogen) atoms. The highest BCUT2D eigenvalue weighted by atomic mass is 32.2. The molecule has 1 aromatic carbocycles. The van der Waals surface area contributed by atoms with Crippen LogP contribution in [0.5, 0.6) is 11.5 Å². The molecule has 1 unspecified atom stereocenters. The summed E-state index contributed by atoms with van der Waals surface area (Å²) < 4.78 is 17.3. The summed E-state index contributed by atoms with van der Waals surface area (Å²) in [7, 11) is 0. The van der Waals surface area contributed by atoms with E-state index >= 15 is 0 Å². The predicted molar refractivity (Wildman–Crippen MR) is 84.0 cm³/mol. The molecule has 1 atom stereocenters. The number of thioether (sulfide) groups is 1. The number of benzene rings is 1. The Morgan fingerprint density at radius 1 is 1.14 bits per heavy atom. The van der Waals surface area contributed by atoms with Crippen LogP contribution in [-0.2, 0) is 12.3 Å². The normalized spacial score (nSPS) is 16.9. The topological polar surface area (TPSA) is 43.6 Å². The van der Waals surface area contributed by atoms with Gasteiger partial charge < -0.3 is 19.2 Å². The summed E-state index contributed by atoms with van der Waals surface area (Å²) in [6.45, 7) is 2.00. The molecule has 112 valence electrons. The van der Waals surface area contributed by atoms with Gasteiger partial charge in [-0.2, -0.15) is 11.8 Å². The van der Waals surface area contributed by atoms with Crippen molar-refractivity contribution in [1.82, 2.24) is 5.32 Å². The third kappa shape index (κ3) is 3.74. The Morgan fingerprint density at radius 2 is 1.95 bits per heavy atom. The van der Waals surface area contributed by atoms with Crippen molar-refractivity contribution in [1.29, 1.82) is 0 Å². The Hall–Kier alpha value is -1.59. The molecule has 0 radical (unpaired) electrons. The van der Waals surface area contributed by atoms with Crippen LogP contribution in [0.1, 0.15) is 11.5 Å². The largest absolute Gasteiger partial charge is 0.486 e. The van der Waals surface area contributed by atoms with E-state index in [0.29, 0.717) is 13.2 Å². The zero-order valence-corrected chi connectivity index (χ0v) is 12.8. The first-order chi connectivity index (χ1) is 10.3. The molecule has 0 aliphatic carbocycles. The number of nitrogens with one attached hydrogen (secondary N) is 1. The van der Waals surface area contributed by atoms with Crippen molar-refractivity contribution < 1.29 is 13.9 Å². The van der Waals surface area contributed by atoms with E-state index in [9.17, 15) is 0 Å². The fourth-order valence-electron chi connectivity index (χ4n) is 2.26. The molecule has 1 aromatic heterocycles. The van der Waals surface area contributed by atoms with Gasteiger partial charge >= 0.3 is 0 Å². The maximum absolute atomic E-state index is 5.89. The SMILES string of the molecule is CSCc1ccc(CNCC2COc3ccccc3O2)o1. The van der Waals surface area contributed by atoms with E-state index in [1.54, 1.807) is 11.8 Å². The summed E-state index contributed by atoms with van der Waals surface area (Å²) >= 11 is 1.76. The molecule has 1 aliphatic heterocycles. The zero-order chi connectivity index (χ0) is 14.5. The first-order valence-corrected chi connectivity index (χ1v) is 8.40. The number of hydrogen-bond donors (Lipinski definition) is 1. The highest BCUT2D eigenvalue weighted by Crippen LogP contribution is 2.30. The van der Waals surface area contributed by atoms with Crippen LogP contribution in [-0.4, -0.2) is 25.5 Å². The number of rotatable bonds is 6. The van der Waals surface area contributed by atoms with E-state index in [-0.39, 0.29) is 6.10 Å². The van der Waals surface area contributed by atoms with E-state index in [2.05, 4.69) is 11.6 Å². The van der Waals surface area contributed by atoms with E-state index in [1.807, 2.05) is 36.4 Å². The third-order valence-electron chi connectivity index (χ3n) is 3.24. The fourth-order valence-corrected chi connectivity index (χ4v) is 2.70. The highest BCUT2D eigenvalue weighted by molar-refractivity contribution is 7.97. The molecule has 0 saturated heterocycles. The van der Waals surface area contributed by atoms with Gasteiger partial charge in [-0.3, -0.25) is 0 Å². The Bertz CT molecular complexity index is 584. The van der Waals surface area contributed by atoms with Gasteiger partial charge in [0.25, 0.3) is 0 Å². The highest BCUT2D eigenvalue weighted by Gasteiger charge is 2.20. The van der Waals surface area contributed by atoms with Gasteiger partial charge in [0.05, 0.1) is 12.3 Å². The van der Waals surface area contributed by atoms with Crippen LogP contribution in [0.2, 0.25) is 0 Å². The molecule has 0 spiro atoms. The summed E-state index contributed by atoms with van der Waals surface area (Å²) in [4.78, 5) is 0. The predicted octanol–water partition coefficient (Wildman–Crippen LogP) is 3.07. The number of para-hydroxylation sites is 2. The van der Waals surface area contributed by atoms with Crippen LogP contribution in [0, 0.1) is 0 Å². The van der Waals surface area contributed by atoms with Crippen LogP contribution in [0.15, 0.2) is 40.8 Å². The van der Waals surface area contributed by atoms with Crippen LogP contribution >= 0.6 is 11.8 Å². The average Bonchev–Trinajstić information content (AvgIpc) is 2.95. The molecule has 0 amide bonds. The van der Waals surface area contributed by atoms with Gasteiger partial charge in [-0.05, 0) is 30.5 Å². The van der Waals surface area contributed by atoms with Crippen molar-refractivity contribution in [2.24, 2.45) is 0 Å². The van der Waals surface area contributed by atoms with Gasteiger partial charge in [0, 0.05) is 6.54 Å². The minimum Gasteiger partial charge on any atom is -0.486 e. The number of fused-ring (bicyclic) bond motifs is 1. The lowest BCUT2D eigenvalue weighted by molar-refractivity contribution is 0.0898. The fraction of sp³-hybridized carbons (Fsp3) is 0.375. The average molecular weight is 305 g/mol. The lowest BCUT2D eigenvalue weighted by atomic mass is 10.2. The maximum atomic E-state index is 5.89. The Balaban J connectivity index is 1.46. The van der Waals surface area contributed by atoms with Crippen molar-refractivity contribution in [3.05, 3.63) is 47.9 Å². The third-order valence-corrected chi connectivity index (χ3v) is 3.82. The molecule has 0 fully saturated rings. The maximum Gasteiger partial charge on any atom is 0.161 e. The second-order valence-electron chi connectivity index (χ2n) is 4.93. The standard InChI is InChI=1S/C16H19NO3S/c1-21-11-13-7-6-12(19-13)8-17-9-14-10-18-15-4-2-3-5-16(15)20-14/h2-7,14,17H,8-11H2,1H3. The van der Waals surface area contributed by atoms with Gasteiger partial charge in [0.2, 0.25) is 0 Å². The zero-order valence-electron chi connectivity index (χ0n) is 12.0. The molecule has 0 bridgehead atoms. The van der Waals surface area contributed by atoms with Crippen molar-refractivity contribution in [3.8, 4) is 11.5 Å². The monoisotopic (exact) mass is 305 g/mol. The van der Waals surface area contributed by atoms with Crippen molar-refractivity contribution >= 4 is 11.8 Å². The van der Waals surface area contributed by atoms with Gasteiger partial charge in [-0.1, -0.05) is 12.1 Å². The molecule has 3 rings (SSSR count). The number of furan rings is 1. The van der Waals surface area contributed by atoms with Gasteiger partial charge in [-0.15, -0.1) is 0 Å². The summed E-state index contributed by atoms with van der Waals surface area (Å²) in [5, 5.41) is 3.35. The van der Waals surface area contributed by atoms with Crippen LogP contribution in [0.4, 0.5) is 0 Å². The summed E-state index contributed by atoms with van der Waals surface area (Å²) in [6.07, 6.45) is 2.10. The molecular formula is C16H19NO3S. The molecule has 1 N–H and O–H groups in total. The van der Waals surface area contributed by atoms with Crippen molar-refractivity contribution in [2.45, 2.75) is 18.4 Å².